The Hall–Kier alpha value is -0.640. The number of aliphatic hydroxyl groups excluding tert-OH is 2. The molecule has 3 N–H and O–H groups in total. The smallest absolute Gasteiger partial charge is 0.102 e. The Morgan fingerprint density at radius 3 is 2.32 bits per heavy atom. The highest BCUT2D eigenvalue weighted by molar-refractivity contribution is 5.33. The van der Waals surface area contributed by atoms with Crippen molar-refractivity contribution in [2.45, 2.75) is 104 Å². The summed E-state index contributed by atoms with van der Waals surface area (Å²) in [6, 6.07) is 0. The average molecular weight is 431 g/mol. The van der Waals surface area contributed by atoms with Crippen LogP contribution in [-0.4, -0.2) is 33.1 Å². The van der Waals surface area contributed by atoms with Gasteiger partial charge in [0.15, 0.2) is 0 Å². The molecule has 0 aromatic carbocycles. The van der Waals surface area contributed by atoms with Gasteiger partial charge in [0.2, 0.25) is 0 Å². The maximum Gasteiger partial charge on any atom is 0.102 e. The van der Waals surface area contributed by atoms with Crippen LogP contribution in [0.2, 0.25) is 0 Å². The number of hydrogen-bond donors (Lipinski definition) is 3. The van der Waals surface area contributed by atoms with Gasteiger partial charge in [0.05, 0.1) is 6.10 Å². The molecule has 0 heterocycles. The molecule has 0 amide bonds. The van der Waals surface area contributed by atoms with Crippen LogP contribution < -0.4 is 0 Å². The van der Waals surface area contributed by atoms with Gasteiger partial charge in [0.1, 0.15) is 11.7 Å². The molecule has 0 saturated heterocycles. The lowest BCUT2D eigenvalue weighted by Crippen LogP contribution is -2.65. The van der Waals surface area contributed by atoms with E-state index in [0.717, 1.165) is 19.3 Å². The molecule has 0 aromatic heterocycles. The van der Waals surface area contributed by atoms with Crippen molar-refractivity contribution in [3.8, 4) is 0 Å². The van der Waals surface area contributed by atoms with Crippen molar-refractivity contribution in [2.75, 3.05) is 0 Å². The molecule has 3 saturated carbocycles. The van der Waals surface area contributed by atoms with Crippen LogP contribution in [0, 0.1) is 46.3 Å². The minimum absolute atomic E-state index is 0.271. The molecular formula is C28H46O3. The highest BCUT2D eigenvalue weighted by atomic mass is 16.3. The van der Waals surface area contributed by atoms with Gasteiger partial charge in [-0.1, -0.05) is 65.3 Å². The van der Waals surface area contributed by atoms with Gasteiger partial charge in [-0.3, -0.25) is 0 Å². The predicted octanol–water partition coefficient (Wildman–Crippen LogP) is 5.50. The van der Waals surface area contributed by atoms with E-state index < -0.39 is 17.8 Å². The Bertz CT molecular complexity index is 741. The summed E-state index contributed by atoms with van der Waals surface area (Å²) in [6.45, 7) is 14.0. The van der Waals surface area contributed by atoms with E-state index in [2.05, 4.69) is 53.7 Å². The van der Waals surface area contributed by atoms with Crippen LogP contribution in [0.4, 0.5) is 0 Å². The van der Waals surface area contributed by atoms with Gasteiger partial charge in [0, 0.05) is 11.8 Å². The van der Waals surface area contributed by atoms with Gasteiger partial charge in [-0.2, -0.15) is 0 Å². The lowest BCUT2D eigenvalue weighted by atomic mass is 9.45. The van der Waals surface area contributed by atoms with Crippen molar-refractivity contribution in [2.24, 2.45) is 46.3 Å². The first-order chi connectivity index (χ1) is 14.4. The van der Waals surface area contributed by atoms with E-state index in [4.69, 9.17) is 0 Å². The Balaban J connectivity index is 1.61. The van der Waals surface area contributed by atoms with Crippen molar-refractivity contribution in [3.63, 3.8) is 0 Å². The summed E-state index contributed by atoms with van der Waals surface area (Å²) in [4.78, 5) is 0. The van der Waals surface area contributed by atoms with E-state index in [-0.39, 0.29) is 10.8 Å². The second-order valence-electron chi connectivity index (χ2n) is 12.5. The summed E-state index contributed by atoms with van der Waals surface area (Å²) >= 11 is 0. The minimum atomic E-state index is -1.20. The fourth-order valence-electron chi connectivity index (χ4n) is 8.16. The molecule has 0 aliphatic heterocycles. The zero-order chi connectivity index (χ0) is 22.8. The molecule has 0 bridgehead atoms. The maximum atomic E-state index is 11.6. The van der Waals surface area contributed by atoms with Crippen LogP contribution in [0.5, 0.6) is 0 Å². The standard InChI is InChI=1S/C28H46O3/c1-17(2)18(3)7-8-19(4)22-9-10-23-21-15-25(30)28(31)16-20(29)11-14-27(28,6)24(21)12-13-26(22,23)5/h7-8,15,17-20,22-25,29-31H,9-14,16H2,1-6H3/b8-7+/t18-,19+,20+,22-,23+,24-,25-,26+,27+,28-/m0/s1. The molecule has 4 aliphatic rings. The Kier molecular flexibility index (Phi) is 6.06. The molecule has 4 rings (SSSR count). The predicted molar refractivity (Wildman–Crippen MR) is 126 cm³/mol. The monoisotopic (exact) mass is 430 g/mol. The fourth-order valence-corrected chi connectivity index (χ4v) is 8.16. The summed E-state index contributed by atoms with van der Waals surface area (Å²) in [6.07, 6.45) is 12.1. The number of aliphatic hydroxyl groups is 3. The molecule has 176 valence electrons. The van der Waals surface area contributed by atoms with Gasteiger partial charge in [-0.05, 0) is 79.4 Å². The molecule has 4 aliphatic carbocycles. The quantitative estimate of drug-likeness (QED) is 0.516. The summed E-state index contributed by atoms with van der Waals surface area (Å²) < 4.78 is 0. The van der Waals surface area contributed by atoms with Gasteiger partial charge in [0.25, 0.3) is 0 Å². The van der Waals surface area contributed by atoms with Crippen LogP contribution in [0.25, 0.3) is 0 Å². The molecule has 3 nitrogen and oxygen atoms in total. The molecular weight excluding hydrogens is 384 g/mol. The first-order valence-corrected chi connectivity index (χ1v) is 12.9. The lowest BCUT2D eigenvalue weighted by molar-refractivity contribution is -0.210. The van der Waals surface area contributed by atoms with E-state index in [1.807, 2.05) is 6.08 Å². The first kappa shape index (κ1) is 23.5. The third kappa shape index (κ3) is 3.49. The van der Waals surface area contributed by atoms with Crippen molar-refractivity contribution < 1.29 is 15.3 Å². The summed E-state index contributed by atoms with van der Waals surface area (Å²) in [5, 5.41) is 32.9. The van der Waals surface area contributed by atoms with Crippen molar-refractivity contribution in [1.29, 1.82) is 0 Å². The SMILES string of the molecule is CC(C)[C@@H](C)/C=C/[C@@H](C)[C@@H]1CC[C@@H]2C3=C[C@H](O)[C@@]4(O)C[C@H](O)CC[C@]4(C)[C@H]3CC[C@@]21C. The van der Waals surface area contributed by atoms with E-state index in [1.165, 1.54) is 24.8 Å². The largest absolute Gasteiger partial charge is 0.393 e. The van der Waals surface area contributed by atoms with E-state index in [0.29, 0.717) is 41.9 Å². The summed E-state index contributed by atoms with van der Waals surface area (Å²) in [5.41, 5.74) is 0.160. The zero-order valence-corrected chi connectivity index (χ0v) is 20.6. The van der Waals surface area contributed by atoms with Crippen LogP contribution in [0.1, 0.15) is 86.5 Å². The van der Waals surface area contributed by atoms with E-state index in [1.54, 1.807) is 0 Å². The van der Waals surface area contributed by atoms with Crippen LogP contribution in [-0.2, 0) is 0 Å². The van der Waals surface area contributed by atoms with Crippen LogP contribution in [0.3, 0.4) is 0 Å². The first-order valence-electron chi connectivity index (χ1n) is 12.9. The maximum absolute atomic E-state index is 11.6. The number of rotatable bonds is 4. The zero-order valence-electron chi connectivity index (χ0n) is 20.6. The topological polar surface area (TPSA) is 60.7 Å². The number of fused-ring (bicyclic) bond motifs is 5. The molecule has 31 heavy (non-hydrogen) atoms. The van der Waals surface area contributed by atoms with Gasteiger partial charge in [-0.25, -0.2) is 0 Å². The minimum Gasteiger partial charge on any atom is -0.393 e. The van der Waals surface area contributed by atoms with E-state index in [9.17, 15) is 15.3 Å². The molecule has 0 aromatic rings. The Labute approximate surface area is 190 Å². The van der Waals surface area contributed by atoms with Crippen LogP contribution in [0.15, 0.2) is 23.8 Å². The van der Waals surface area contributed by atoms with Crippen molar-refractivity contribution in [1.82, 2.24) is 0 Å². The summed E-state index contributed by atoms with van der Waals surface area (Å²) in [7, 11) is 0. The number of allylic oxidation sites excluding steroid dienone is 3. The van der Waals surface area contributed by atoms with E-state index >= 15 is 0 Å². The molecule has 0 radical (unpaired) electrons. The second-order valence-corrected chi connectivity index (χ2v) is 12.5. The third-order valence-corrected chi connectivity index (χ3v) is 10.7. The van der Waals surface area contributed by atoms with Crippen LogP contribution >= 0.6 is 0 Å². The molecule has 3 heteroatoms. The van der Waals surface area contributed by atoms with Crippen molar-refractivity contribution in [3.05, 3.63) is 23.8 Å². The lowest BCUT2D eigenvalue weighted by Gasteiger charge is -2.62. The Morgan fingerprint density at radius 2 is 1.65 bits per heavy atom. The molecule has 3 fully saturated rings. The van der Waals surface area contributed by atoms with Gasteiger partial charge >= 0.3 is 0 Å². The second kappa shape index (κ2) is 7.99. The van der Waals surface area contributed by atoms with Gasteiger partial charge < -0.3 is 15.3 Å². The number of hydrogen-bond acceptors (Lipinski definition) is 3. The average Bonchev–Trinajstić information content (AvgIpc) is 3.05. The highest BCUT2D eigenvalue weighted by Gasteiger charge is 2.64. The summed E-state index contributed by atoms with van der Waals surface area (Å²) in [5.74, 6) is 3.37. The third-order valence-electron chi connectivity index (χ3n) is 10.7. The molecule has 10 atom stereocenters. The van der Waals surface area contributed by atoms with Gasteiger partial charge in [-0.15, -0.1) is 0 Å². The Morgan fingerprint density at radius 1 is 0.935 bits per heavy atom. The fraction of sp³-hybridized carbons (Fsp3) is 0.857. The highest BCUT2D eigenvalue weighted by Crippen LogP contribution is 2.67. The normalized spacial score (nSPS) is 49.4. The molecule has 0 unspecified atom stereocenters. The van der Waals surface area contributed by atoms with Crippen molar-refractivity contribution >= 4 is 0 Å². The molecule has 0 spiro atoms.